The lowest BCUT2D eigenvalue weighted by Gasteiger charge is -2.39. The third-order valence-electron chi connectivity index (χ3n) is 7.36. The minimum absolute atomic E-state index is 0.406. The molecule has 2 aliphatic carbocycles. The number of rotatable bonds is 18. The molecule has 0 radical (unpaired) electrons. The van der Waals surface area contributed by atoms with E-state index < -0.39 is 5.79 Å². The molecule has 2 heteroatoms. The Balaban J connectivity index is 2.13. The van der Waals surface area contributed by atoms with Crippen molar-refractivity contribution in [2.45, 2.75) is 149 Å². The second-order valence-corrected chi connectivity index (χ2v) is 10.3. The normalized spacial score (nSPS) is 17.5. The first-order valence-electron chi connectivity index (χ1n) is 14.4. The first-order chi connectivity index (χ1) is 15.7. The maximum Gasteiger partial charge on any atom is 0.169 e. The number of hydrogen-bond donors (Lipinski definition) is 0. The zero-order valence-electron chi connectivity index (χ0n) is 21.9. The van der Waals surface area contributed by atoms with Crippen molar-refractivity contribution in [3.05, 3.63) is 23.3 Å². The quantitative estimate of drug-likeness (QED) is 0.118. The van der Waals surface area contributed by atoms with Crippen molar-refractivity contribution in [1.29, 1.82) is 0 Å². The highest BCUT2D eigenvalue weighted by Gasteiger charge is 2.37. The summed E-state index contributed by atoms with van der Waals surface area (Å²) in [6.07, 6.45) is 29.2. The van der Waals surface area contributed by atoms with Crippen molar-refractivity contribution in [2.75, 3.05) is 13.2 Å². The standard InChI is InChI=1S/C30H54O2/c1-4-7-8-9-10-11-18-23-30(31-24-5-2,32-25-6-3)26-29(27-19-14-12-15-20-27)28-21-16-13-17-22-28/h19,21,29H,4-18,20,22-26H2,1-3H3. The minimum atomic E-state index is -0.406. The van der Waals surface area contributed by atoms with Crippen LogP contribution in [0.2, 0.25) is 0 Å². The van der Waals surface area contributed by atoms with Gasteiger partial charge in [0.1, 0.15) is 0 Å². The summed E-state index contributed by atoms with van der Waals surface area (Å²) >= 11 is 0. The topological polar surface area (TPSA) is 18.5 Å². The Bertz CT molecular complexity index is 499. The molecule has 0 fully saturated rings. The first-order valence-corrected chi connectivity index (χ1v) is 14.4. The van der Waals surface area contributed by atoms with Gasteiger partial charge in [0.25, 0.3) is 0 Å². The summed E-state index contributed by atoms with van der Waals surface area (Å²) in [4.78, 5) is 0. The Morgan fingerprint density at radius 3 is 1.69 bits per heavy atom. The van der Waals surface area contributed by atoms with E-state index in [1.54, 1.807) is 11.1 Å². The van der Waals surface area contributed by atoms with Crippen LogP contribution < -0.4 is 0 Å². The average Bonchev–Trinajstić information content (AvgIpc) is 2.85. The van der Waals surface area contributed by atoms with Crippen molar-refractivity contribution in [3.8, 4) is 0 Å². The fourth-order valence-electron chi connectivity index (χ4n) is 5.50. The van der Waals surface area contributed by atoms with E-state index in [9.17, 15) is 0 Å². The Morgan fingerprint density at radius 2 is 1.22 bits per heavy atom. The van der Waals surface area contributed by atoms with Gasteiger partial charge in [0.15, 0.2) is 5.79 Å². The number of ether oxygens (including phenoxy) is 2. The largest absolute Gasteiger partial charge is 0.350 e. The van der Waals surface area contributed by atoms with Gasteiger partial charge in [0.05, 0.1) is 0 Å². The van der Waals surface area contributed by atoms with Crippen LogP contribution in [0.4, 0.5) is 0 Å². The molecule has 0 heterocycles. The molecule has 2 nitrogen and oxygen atoms in total. The van der Waals surface area contributed by atoms with Crippen molar-refractivity contribution in [3.63, 3.8) is 0 Å². The molecule has 0 amide bonds. The second-order valence-electron chi connectivity index (χ2n) is 10.3. The smallest absolute Gasteiger partial charge is 0.169 e. The van der Waals surface area contributed by atoms with Crippen molar-refractivity contribution in [1.82, 2.24) is 0 Å². The highest BCUT2D eigenvalue weighted by Crippen LogP contribution is 2.41. The van der Waals surface area contributed by atoms with Gasteiger partial charge < -0.3 is 9.47 Å². The molecular weight excluding hydrogens is 392 g/mol. The minimum Gasteiger partial charge on any atom is -0.350 e. The lowest BCUT2D eigenvalue weighted by molar-refractivity contribution is -0.249. The Hall–Kier alpha value is -0.600. The van der Waals surface area contributed by atoms with Crippen LogP contribution in [0.5, 0.6) is 0 Å². The molecule has 0 bridgehead atoms. The highest BCUT2D eigenvalue weighted by molar-refractivity contribution is 5.24. The fraction of sp³-hybridized carbons (Fsp3) is 0.867. The summed E-state index contributed by atoms with van der Waals surface area (Å²) in [5.74, 6) is 0.130. The van der Waals surface area contributed by atoms with Crippen molar-refractivity contribution >= 4 is 0 Å². The van der Waals surface area contributed by atoms with Gasteiger partial charge in [0, 0.05) is 32.0 Å². The maximum atomic E-state index is 6.66. The lowest BCUT2D eigenvalue weighted by atomic mass is 9.76. The van der Waals surface area contributed by atoms with Gasteiger partial charge in [-0.05, 0) is 70.6 Å². The first kappa shape index (κ1) is 27.6. The second kappa shape index (κ2) is 16.9. The summed E-state index contributed by atoms with van der Waals surface area (Å²) in [6, 6.07) is 0. The SMILES string of the molecule is CCCCCCCCCC(CC(C1=CCCCC1)C1=CCCCC1)(OCCC)OCCC. The fourth-order valence-corrected chi connectivity index (χ4v) is 5.50. The van der Waals surface area contributed by atoms with Crippen LogP contribution in [-0.4, -0.2) is 19.0 Å². The van der Waals surface area contributed by atoms with E-state index >= 15 is 0 Å². The predicted octanol–water partition coefficient (Wildman–Crippen LogP) is 9.68. The number of allylic oxidation sites excluding steroid dienone is 4. The zero-order valence-corrected chi connectivity index (χ0v) is 21.9. The molecule has 0 saturated heterocycles. The van der Waals surface area contributed by atoms with Crippen LogP contribution in [0.25, 0.3) is 0 Å². The molecule has 186 valence electrons. The Labute approximate surface area is 200 Å². The van der Waals surface area contributed by atoms with E-state index in [-0.39, 0.29) is 0 Å². The van der Waals surface area contributed by atoms with Gasteiger partial charge >= 0.3 is 0 Å². The summed E-state index contributed by atoms with van der Waals surface area (Å²) < 4.78 is 13.3. The van der Waals surface area contributed by atoms with Crippen LogP contribution in [-0.2, 0) is 9.47 Å². The Kier molecular flexibility index (Phi) is 14.6. The van der Waals surface area contributed by atoms with Crippen LogP contribution >= 0.6 is 0 Å². The van der Waals surface area contributed by atoms with Gasteiger partial charge in [-0.15, -0.1) is 0 Å². The number of unbranched alkanes of at least 4 members (excludes halogenated alkanes) is 6. The summed E-state index contributed by atoms with van der Waals surface area (Å²) in [5, 5.41) is 0. The molecule has 2 aliphatic rings. The molecule has 0 atom stereocenters. The summed E-state index contributed by atoms with van der Waals surface area (Å²) in [7, 11) is 0. The Morgan fingerprint density at radius 1 is 0.688 bits per heavy atom. The molecule has 2 rings (SSSR count). The molecule has 0 spiro atoms. The third kappa shape index (κ3) is 10.1. The zero-order chi connectivity index (χ0) is 22.9. The van der Waals surface area contributed by atoms with E-state index in [0.717, 1.165) is 38.9 Å². The van der Waals surface area contributed by atoms with Crippen LogP contribution in [0.1, 0.15) is 143 Å². The molecule has 0 N–H and O–H groups in total. The monoisotopic (exact) mass is 446 g/mol. The molecule has 0 unspecified atom stereocenters. The molecule has 0 saturated carbocycles. The van der Waals surface area contributed by atoms with Gasteiger partial charge in [-0.3, -0.25) is 0 Å². The lowest BCUT2D eigenvalue weighted by Crippen LogP contribution is -2.40. The van der Waals surface area contributed by atoms with Crippen molar-refractivity contribution < 1.29 is 9.47 Å². The van der Waals surface area contributed by atoms with Gasteiger partial charge in [-0.2, -0.15) is 0 Å². The third-order valence-corrected chi connectivity index (χ3v) is 7.36. The summed E-state index contributed by atoms with van der Waals surface area (Å²) in [6.45, 7) is 8.37. The number of hydrogen-bond acceptors (Lipinski definition) is 2. The van der Waals surface area contributed by atoms with E-state index in [1.165, 1.54) is 96.3 Å². The molecular formula is C30H54O2. The molecule has 0 aromatic heterocycles. The van der Waals surface area contributed by atoms with Crippen LogP contribution in [0.3, 0.4) is 0 Å². The van der Waals surface area contributed by atoms with Gasteiger partial charge in [-0.25, -0.2) is 0 Å². The van der Waals surface area contributed by atoms with E-state index in [1.807, 2.05) is 0 Å². The molecule has 0 aromatic rings. The molecule has 0 aromatic carbocycles. The van der Waals surface area contributed by atoms with E-state index in [0.29, 0.717) is 5.92 Å². The maximum absolute atomic E-state index is 6.66. The van der Waals surface area contributed by atoms with E-state index in [2.05, 4.69) is 32.9 Å². The van der Waals surface area contributed by atoms with Crippen molar-refractivity contribution in [2.24, 2.45) is 5.92 Å². The van der Waals surface area contributed by atoms with Gasteiger partial charge in [0.2, 0.25) is 0 Å². The molecule has 0 aliphatic heterocycles. The highest BCUT2D eigenvalue weighted by atomic mass is 16.7. The summed E-state index contributed by atoms with van der Waals surface area (Å²) in [5.41, 5.74) is 3.38. The van der Waals surface area contributed by atoms with Gasteiger partial charge in [-0.1, -0.05) is 82.6 Å². The predicted molar refractivity (Wildman–Crippen MR) is 139 cm³/mol. The van der Waals surface area contributed by atoms with Crippen LogP contribution in [0.15, 0.2) is 23.3 Å². The average molecular weight is 447 g/mol. The molecule has 32 heavy (non-hydrogen) atoms. The van der Waals surface area contributed by atoms with E-state index in [4.69, 9.17) is 9.47 Å². The van der Waals surface area contributed by atoms with Crippen LogP contribution in [0, 0.1) is 5.92 Å².